The molecule has 0 saturated carbocycles. The normalized spacial score (nSPS) is 25.3. The monoisotopic (exact) mass is 375 g/mol. The van der Waals surface area contributed by atoms with Crippen molar-refractivity contribution in [2.75, 3.05) is 33.4 Å². The maximum atomic E-state index is 13.2. The molecule has 3 amide bonds. The summed E-state index contributed by atoms with van der Waals surface area (Å²) >= 11 is 0. The van der Waals surface area contributed by atoms with E-state index in [1.54, 1.807) is 18.1 Å². The van der Waals surface area contributed by atoms with Gasteiger partial charge in [-0.25, -0.2) is 9.37 Å². The van der Waals surface area contributed by atoms with Gasteiger partial charge in [0.05, 0.1) is 12.3 Å². The maximum absolute atomic E-state index is 13.2. The molecule has 3 aliphatic heterocycles. The molecular weight excluding hydrogens is 348 g/mol. The second-order valence-electron chi connectivity index (χ2n) is 6.68. The number of guanidine groups is 1. The minimum atomic E-state index is -0.622. The molecule has 0 N–H and O–H groups in total. The quantitative estimate of drug-likeness (QED) is 0.389. The van der Waals surface area contributed by atoms with Gasteiger partial charge < -0.3 is 4.74 Å². The number of allylic oxidation sites excluding steroid dienone is 1. The number of fused-ring (bicyclic) bond motifs is 2. The largest absolute Gasteiger partial charge is 0.417 e. The van der Waals surface area contributed by atoms with E-state index < -0.39 is 6.04 Å². The number of aliphatic imine (C=N–C) groups is 1. The van der Waals surface area contributed by atoms with Gasteiger partial charge in [0.15, 0.2) is 0 Å². The molecule has 0 aliphatic carbocycles. The van der Waals surface area contributed by atoms with Crippen LogP contribution in [0.15, 0.2) is 22.2 Å². The van der Waals surface area contributed by atoms with Crippen molar-refractivity contribution in [3.05, 3.63) is 12.2 Å². The average Bonchev–Trinajstić information content (AvgIpc) is 3.05. The molecule has 3 aliphatic rings. The Morgan fingerprint density at radius 3 is 2.74 bits per heavy atom. The second kappa shape index (κ2) is 7.59. The first-order chi connectivity index (χ1) is 12.9. The van der Waals surface area contributed by atoms with Gasteiger partial charge in [-0.3, -0.25) is 14.6 Å². The fourth-order valence-electron chi connectivity index (χ4n) is 3.40. The summed E-state index contributed by atoms with van der Waals surface area (Å²) in [5.41, 5.74) is 0.888. The Bertz CT molecular complexity index is 769. The van der Waals surface area contributed by atoms with E-state index in [1.807, 2.05) is 38.3 Å². The Balaban J connectivity index is 1.98. The number of ether oxygens (including phenoxy) is 1. The number of amidine groups is 1. The summed E-state index contributed by atoms with van der Waals surface area (Å²) in [6.07, 6.45) is 3.62. The number of hydrogen-bond donors (Lipinski definition) is 0. The number of carbonyl (C=O) groups is 2. The number of likely N-dealkylation sites (N-methyl/N-ethyl adjacent to an activating group) is 1. The molecule has 0 spiro atoms. The van der Waals surface area contributed by atoms with Crippen LogP contribution in [-0.4, -0.2) is 94.3 Å². The average molecular weight is 375 g/mol. The molecular formula is C18H27N6O3+. The predicted molar refractivity (Wildman–Crippen MR) is 102 cm³/mol. The molecule has 2 atom stereocenters. The molecule has 0 aromatic carbocycles. The zero-order valence-corrected chi connectivity index (χ0v) is 16.5. The minimum Gasteiger partial charge on any atom is -0.378 e. The van der Waals surface area contributed by atoms with Crippen LogP contribution in [0.5, 0.6) is 0 Å². The van der Waals surface area contributed by atoms with E-state index in [0.29, 0.717) is 31.6 Å². The van der Waals surface area contributed by atoms with E-state index in [4.69, 9.17) is 4.74 Å². The van der Waals surface area contributed by atoms with Gasteiger partial charge in [-0.15, -0.1) is 10.1 Å². The van der Waals surface area contributed by atoms with Crippen LogP contribution in [0, 0.1) is 0 Å². The smallest absolute Gasteiger partial charge is 0.378 e. The lowest BCUT2D eigenvalue weighted by Crippen LogP contribution is -2.64. The summed E-state index contributed by atoms with van der Waals surface area (Å²) in [5, 5.41) is 6.38. The van der Waals surface area contributed by atoms with E-state index in [9.17, 15) is 9.59 Å². The lowest BCUT2D eigenvalue weighted by molar-refractivity contribution is -0.559. The van der Waals surface area contributed by atoms with Crippen LogP contribution in [0.25, 0.3) is 0 Å². The van der Waals surface area contributed by atoms with Crippen LogP contribution in [-0.2, 0) is 9.53 Å². The number of carbonyl (C=O) groups excluding carboxylic acids is 2. The first-order valence-corrected chi connectivity index (χ1v) is 9.26. The van der Waals surface area contributed by atoms with Crippen LogP contribution >= 0.6 is 0 Å². The summed E-state index contributed by atoms with van der Waals surface area (Å²) in [6, 6.07) is -1.08. The number of hydrogen-bond acceptors (Lipinski definition) is 6. The molecule has 1 fully saturated rings. The summed E-state index contributed by atoms with van der Waals surface area (Å²) in [4.78, 5) is 33.2. The highest BCUT2D eigenvalue weighted by molar-refractivity contribution is 6.23. The SMILES string of the molecule is C/C=C/CN1C(=O)C2C(=NC3=[N+]2C(C)C(C)=NN3CCOCC)N(C)C1=O. The number of urea groups is 1. The third-order valence-corrected chi connectivity index (χ3v) is 5.04. The molecule has 9 nitrogen and oxygen atoms in total. The van der Waals surface area contributed by atoms with Crippen molar-refractivity contribution in [2.45, 2.75) is 39.8 Å². The van der Waals surface area contributed by atoms with Gasteiger partial charge in [-0.1, -0.05) is 17.1 Å². The number of amides is 3. The molecule has 0 bridgehead atoms. The minimum absolute atomic E-state index is 0.0938. The van der Waals surface area contributed by atoms with Gasteiger partial charge in [-0.2, -0.15) is 0 Å². The maximum Gasteiger partial charge on any atom is 0.417 e. The van der Waals surface area contributed by atoms with E-state index in [2.05, 4.69) is 10.1 Å². The van der Waals surface area contributed by atoms with Crippen LogP contribution in [0.2, 0.25) is 0 Å². The highest BCUT2D eigenvalue weighted by atomic mass is 16.5. The van der Waals surface area contributed by atoms with E-state index >= 15 is 0 Å². The molecule has 0 aromatic heterocycles. The van der Waals surface area contributed by atoms with E-state index in [-0.39, 0.29) is 24.5 Å². The molecule has 0 radical (unpaired) electrons. The van der Waals surface area contributed by atoms with Crippen molar-refractivity contribution in [3.8, 4) is 0 Å². The Hall–Kier alpha value is -2.55. The van der Waals surface area contributed by atoms with Gasteiger partial charge in [0, 0.05) is 20.2 Å². The third kappa shape index (κ3) is 3.16. The van der Waals surface area contributed by atoms with Gasteiger partial charge in [0.1, 0.15) is 12.6 Å². The van der Waals surface area contributed by atoms with Crippen molar-refractivity contribution in [1.82, 2.24) is 14.8 Å². The molecule has 2 unspecified atom stereocenters. The third-order valence-electron chi connectivity index (χ3n) is 5.04. The molecule has 0 aromatic rings. The summed E-state index contributed by atoms with van der Waals surface area (Å²) in [5.74, 6) is 0.792. The Morgan fingerprint density at radius 1 is 1.33 bits per heavy atom. The van der Waals surface area contributed by atoms with E-state index in [0.717, 1.165) is 5.71 Å². The fourth-order valence-corrected chi connectivity index (χ4v) is 3.40. The molecule has 3 rings (SSSR count). The standard InChI is InChI=1S/C18H27N6O3/c1-6-8-9-22-16(25)14-15(21(5)18(22)26)19-17-23(10-11-27-7-2)20-12(3)13(4)24(14)17/h6,8,13-14H,7,9-11H2,1-5H3/q+1/b8-6+. The first-order valence-electron chi connectivity index (χ1n) is 9.26. The number of nitrogens with zero attached hydrogens (tertiary/aromatic N) is 6. The van der Waals surface area contributed by atoms with Crippen molar-refractivity contribution in [1.29, 1.82) is 0 Å². The van der Waals surface area contributed by atoms with Crippen molar-refractivity contribution >= 4 is 29.4 Å². The lowest BCUT2D eigenvalue weighted by Gasteiger charge is -2.35. The van der Waals surface area contributed by atoms with Crippen LogP contribution in [0.1, 0.15) is 27.7 Å². The topological polar surface area (TPSA) is 80.8 Å². The summed E-state index contributed by atoms with van der Waals surface area (Å²) < 4.78 is 7.40. The number of imide groups is 1. The van der Waals surface area contributed by atoms with Gasteiger partial charge in [-0.05, 0) is 27.7 Å². The predicted octanol–water partition coefficient (Wildman–Crippen LogP) is 0.722. The van der Waals surface area contributed by atoms with Gasteiger partial charge in [0.2, 0.25) is 11.9 Å². The Kier molecular flexibility index (Phi) is 5.41. The van der Waals surface area contributed by atoms with Crippen LogP contribution in [0.4, 0.5) is 4.79 Å². The summed E-state index contributed by atoms with van der Waals surface area (Å²) in [6.45, 7) is 9.64. The number of rotatable bonds is 6. The van der Waals surface area contributed by atoms with Gasteiger partial charge in [0.25, 0.3) is 5.91 Å². The number of hydrazone groups is 1. The van der Waals surface area contributed by atoms with Gasteiger partial charge >= 0.3 is 12.0 Å². The summed E-state index contributed by atoms with van der Waals surface area (Å²) in [7, 11) is 1.66. The van der Waals surface area contributed by atoms with E-state index in [1.165, 1.54) is 9.80 Å². The van der Waals surface area contributed by atoms with Crippen LogP contribution in [0.3, 0.4) is 0 Å². The Morgan fingerprint density at radius 2 is 2.07 bits per heavy atom. The van der Waals surface area contributed by atoms with Crippen molar-refractivity contribution in [3.63, 3.8) is 0 Å². The zero-order valence-electron chi connectivity index (χ0n) is 16.5. The first kappa shape index (κ1) is 19.2. The molecule has 146 valence electrons. The van der Waals surface area contributed by atoms with Crippen molar-refractivity contribution < 1.29 is 18.9 Å². The zero-order chi connectivity index (χ0) is 19.7. The molecule has 3 heterocycles. The fraction of sp³-hybridized carbons (Fsp3) is 0.611. The Labute approximate surface area is 159 Å². The molecule has 27 heavy (non-hydrogen) atoms. The molecule has 9 heteroatoms. The lowest BCUT2D eigenvalue weighted by atomic mass is 10.1. The highest BCUT2D eigenvalue weighted by Gasteiger charge is 2.55. The van der Waals surface area contributed by atoms with Crippen molar-refractivity contribution in [2.24, 2.45) is 10.1 Å². The highest BCUT2D eigenvalue weighted by Crippen LogP contribution is 2.25. The van der Waals surface area contributed by atoms with Crippen LogP contribution < -0.4 is 0 Å². The second-order valence-corrected chi connectivity index (χ2v) is 6.68. The molecule has 1 saturated heterocycles.